The molecule has 0 fully saturated rings. The van der Waals surface area contributed by atoms with E-state index in [-0.39, 0.29) is 34.2 Å². The van der Waals surface area contributed by atoms with E-state index < -0.39 is 28.0 Å². The van der Waals surface area contributed by atoms with E-state index in [1.165, 1.54) is 32.2 Å². The van der Waals surface area contributed by atoms with Gasteiger partial charge in [-0.2, -0.15) is 13.2 Å². The molecule has 43 heavy (non-hydrogen) atoms. The van der Waals surface area contributed by atoms with Crippen molar-refractivity contribution in [3.63, 3.8) is 0 Å². The third-order valence-corrected chi connectivity index (χ3v) is 8.30. The Bertz CT molecular complexity index is 1840. The summed E-state index contributed by atoms with van der Waals surface area (Å²) in [6.07, 6.45) is -2.08. The molecule has 2 amide bonds. The Labute approximate surface area is 247 Å². The zero-order valence-electron chi connectivity index (χ0n) is 23.9. The van der Waals surface area contributed by atoms with Gasteiger partial charge in [0.25, 0.3) is 21.8 Å². The van der Waals surface area contributed by atoms with Gasteiger partial charge in [0.1, 0.15) is 5.75 Å². The molecule has 0 unspecified atom stereocenters. The fourth-order valence-electron chi connectivity index (χ4n) is 4.74. The van der Waals surface area contributed by atoms with Crippen LogP contribution in [0, 0.1) is 6.92 Å². The van der Waals surface area contributed by atoms with Crippen LogP contribution in [0.15, 0.2) is 83.4 Å². The third-order valence-electron chi connectivity index (χ3n) is 6.81. The van der Waals surface area contributed by atoms with Gasteiger partial charge in [-0.3, -0.25) is 9.59 Å². The number of carbonyl (C=O) groups is 2. The zero-order chi connectivity index (χ0) is 31.5. The number of alkyl halides is 3. The number of sulfonamides is 1. The second kappa shape index (κ2) is 12.3. The lowest BCUT2D eigenvalue weighted by molar-refractivity contribution is -0.0805. The average molecular weight is 614 g/mol. The second-order valence-corrected chi connectivity index (χ2v) is 11.8. The number of rotatable bonds is 9. The standard InChI is InChI=1S/C31H30F3N3O5S/c1-19(16-31(32,33)34)17-35-29(38)22-11-12-26-25(14-22)24(18-37(26)3)13-21-9-10-23(15-27(21)42-4)30(39)36-43(40,41)28-8-6-5-7-20(28)2/h5-12,14-16,18H,13,17H2,1-4H3,(H,35,38)(H,36,39)/b19-16+. The number of hydrogen-bond acceptors (Lipinski definition) is 5. The highest BCUT2D eigenvalue weighted by atomic mass is 32.2. The van der Waals surface area contributed by atoms with E-state index in [0.717, 1.165) is 16.5 Å². The van der Waals surface area contributed by atoms with Crippen molar-refractivity contribution in [3.8, 4) is 5.75 Å². The van der Waals surface area contributed by atoms with Crippen LogP contribution in [0.2, 0.25) is 0 Å². The molecule has 1 heterocycles. The van der Waals surface area contributed by atoms with Crippen LogP contribution in [-0.2, 0) is 23.5 Å². The number of aryl methyl sites for hydroxylation is 2. The molecule has 0 aliphatic heterocycles. The highest BCUT2D eigenvalue weighted by molar-refractivity contribution is 7.90. The molecule has 0 saturated carbocycles. The quantitative estimate of drug-likeness (QED) is 0.245. The Hall–Kier alpha value is -4.58. The second-order valence-electron chi connectivity index (χ2n) is 10.1. The predicted octanol–water partition coefficient (Wildman–Crippen LogP) is 5.44. The number of hydrogen-bond donors (Lipinski definition) is 2. The molecule has 1 aromatic heterocycles. The normalized spacial score (nSPS) is 12.3. The number of methoxy groups -OCH3 is 1. The number of aromatic nitrogens is 1. The van der Waals surface area contributed by atoms with Gasteiger partial charge < -0.3 is 14.6 Å². The number of nitrogens with one attached hydrogen (secondary N) is 2. The molecule has 12 heteroatoms. The van der Waals surface area contributed by atoms with Gasteiger partial charge in [-0.15, -0.1) is 0 Å². The first-order valence-corrected chi connectivity index (χ1v) is 14.6. The minimum absolute atomic E-state index is 0.00356. The van der Waals surface area contributed by atoms with Crippen LogP contribution in [0.3, 0.4) is 0 Å². The lowest BCUT2D eigenvalue weighted by Crippen LogP contribution is -2.31. The Balaban J connectivity index is 1.56. The Morgan fingerprint density at radius 2 is 1.65 bits per heavy atom. The van der Waals surface area contributed by atoms with Crippen LogP contribution in [0.5, 0.6) is 5.75 Å². The highest BCUT2D eigenvalue weighted by Gasteiger charge is 2.24. The number of ether oxygens (including phenoxy) is 1. The number of halogens is 3. The molecule has 4 rings (SSSR count). The van der Waals surface area contributed by atoms with Crippen molar-refractivity contribution in [2.24, 2.45) is 7.05 Å². The topological polar surface area (TPSA) is 106 Å². The summed E-state index contributed by atoms with van der Waals surface area (Å²) in [5, 5.41) is 3.27. The van der Waals surface area contributed by atoms with Crippen molar-refractivity contribution in [1.29, 1.82) is 0 Å². The molecular formula is C31H30F3N3O5S. The monoisotopic (exact) mass is 613 g/mol. The summed E-state index contributed by atoms with van der Waals surface area (Å²) < 4.78 is 72.8. The minimum atomic E-state index is -4.46. The highest BCUT2D eigenvalue weighted by Crippen LogP contribution is 2.29. The number of allylic oxidation sites excluding steroid dienone is 1. The van der Waals surface area contributed by atoms with Gasteiger partial charge in [0, 0.05) is 54.3 Å². The van der Waals surface area contributed by atoms with Crippen molar-refractivity contribution in [1.82, 2.24) is 14.6 Å². The number of benzene rings is 3. The molecule has 2 N–H and O–H groups in total. The predicted molar refractivity (Wildman–Crippen MR) is 157 cm³/mol. The van der Waals surface area contributed by atoms with E-state index in [1.54, 1.807) is 49.4 Å². The van der Waals surface area contributed by atoms with Crippen molar-refractivity contribution in [3.05, 3.63) is 106 Å². The van der Waals surface area contributed by atoms with Crippen LogP contribution in [-0.4, -0.2) is 44.6 Å². The Kier molecular flexibility index (Phi) is 9.00. The summed E-state index contributed by atoms with van der Waals surface area (Å²) in [4.78, 5) is 25.6. The molecule has 0 atom stereocenters. The fraction of sp³-hybridized carbons (Fsp3) is 0.226. The van der Waals surface area contributed by atoms with E-state index in [9.17, 15) is 31.2 Å². The number of fused-ring (bicyclic) bond motifs is 1. The molecular weight excluding hydrogens is 583 g/mol. The molecule has 3 aromatic carbocycles. The van der Waals surface area contributed by atoms with Gasteiger partial charge in [0.05, 0.1) is 12.0 Å². The number of amides is 2. The maximum atomic E-state index is 12.9. The summed E-state index contributed by atoms with van der Waals surface area (Å²) in [5.41, 5.74) is 3.21. The summed E-state index contributed by atoms with van der Waals surface area (Å²) in [6.45, 7) is 2.68. The number of nitrogens with zero attached hydrogens (tertiary/aromatic N) is 1. The molecule has 8 nitrogen and oxygen atoms in total. The number of carbonyl (C=O) groups excluding carboxylic acids is 2. The largest absolute Gasteiger partial charge is 0.496 e. The SMILES string of the molecule is COc1cc(C(=O)NS(=O)(=O)c2ccccc2C)ccc1Cc1cn(C)c2ccc(C(=O)NC/C(C)=C/C(F)(F)F)cc12. The third kappa shape index (κ3) is 7.44. The van der Waals surface area contributed by atoms with Crippen molar-refractivity contribution >= 4 is 32.7 Å². The molecule has 0 spiro atoms. The average Bonchev–Trinajstić information content (AvgIpc) is 3.24. The molecule has 226 valence electrons. The van der Waals surface area contributed by atoms with E-state index >= 15 is 0 Å². The van der Waals surface area contributed by atoms with E-state index in [0.29, 0.717) is 23.3 Å². The van der Waals surface area contributed by atoms with Gasteiger partial charge in [-0.25, -0.2) is 13.1 Å². The van der Waals surface area contributed by atoms with Gasteiger partial charge in [0.2, 0.25) is 0 Å². The van der Waals surface area contributed by atoms with Gasteiger partial charge in [0.15, 0.2) is 0 Å². The van der Waals surface area contributed by atoms with Crippen molar-refractivity contribution in [2.45, 2.75) is 31.3 Å². The molecule has 0 bridgehead atoms. The maximum Gasteiger partial charge on any atom is 0.409 e. The minimum Gasteiger partial charge on any atom is -0.496 e. The zero-order valence-corrected chi connectivity index (χ0v) is 24.7. The lowest BCUT2D eigenvalue weighted by atomic mass is 10.0. The van der Waals surface area contributed by atoms with Crippen LogP contribution in [0.1, 0.15) is 44.3 Å². The van der Waals surface area contributed by atoms with E-state index in [1.807, 2.05) is 17.8 Å². The smallest absolute Gasteiger partial charge is 0.409 e. The fourth-order valence-corrected chi connectivity index (χ4v) is 5.96. The molecule has 0 radical (unpaired) electrons. The van der Waals surface area contributed by atoms with Crippen molar-refractivity contribution < 1.29 is 35.9 Å². The lowest BCUT2D eigenvalue weighted by Gasteiger charge is -2.12. The summed E-state index contributed by atoms with van der Waals surface area (Å²) in [6, 6.07) is 16.0. The Morgan fingerprint density at radius 1 is 0.977 bits per heavy atom. The van der Waals surface area contributed by atoms with Crippen LogP contribution >= 0.6 is 0 Å². The van der Waals surface area contributed by atoms with E-state index in [4.69, 9.17) is 4.74 Å². The first-order valence-electron chi connectivity index (χ1n) is 13.1. The van der Waals surface area contributed by atoms with Crippen LogP contribution in [0.25, 0.3) is 10.9 Å². The summed E-state index contributed by atoms with van der Waals surface area (Å²) in [5.74, 6) is -0.965. The Morgan fingerprint density at radius 3 is 2.33 bits per heavy atom. The molecule has 0 saturated heterocycles. The van der Waals surface area contributed by atoms with Crippen LogP contribution < -0.4 is 14.8 Å². The van der Waals surface area contributed by atoms with Gasteiger partial charge in [-0.1, -0.05) is 24.3 Å². The van der Waals surface area contributed by atoms with E-state index in [2.05, 4.69) is 10.0 Å². The van der Waals surface area contributed by atoms with Crippen molar-refractivity contribution in [2.75, 3.05) is 13.7 Å². The first-order chi connectivity index (χ1) is 20.2. The summed E-state index contributed by atoms with van der Waals surface area (Å²) >= 11 is 0. The summed E-state index contributed by atoms with van der Waals surface area (Å²) in [7, 11) is -0.816. The molecule has 0 aliphatic carbocycles. The molecule has 4 aromatic rings. The molecule has 0 aliphatic rings. The van der Waals surface area contributed by atoms with Gasteiger partial charge in [-0.05, 0) is 72.5 Å². The van der Waals surface area contributed by atoms with Gasteiger partial charge >= 0.3 is 6.18 Å². The maximum absolute atomic E-state index is 12.9. The first kappa shape index (κ1) is 31.4. The van der Waals surface area contributed by atoms with Crippen LogP contribution in [0.4, 0.5) is 13.2 Å².